The quantitative estimate of drug-likeness (QED) is 0.942. The molecule has 4 heteroatoms. The van der Waals surface area contributed by atoms with Crippen LogP contribution in [0.5, 0.6) is 0 Å². The topological polar surface area (TPSA) is 35.2 Å². The zero-order valence-corrected chi connectivity index (χ0v) is 11.6. The van der Waals surface area contributed by atoms with Crippen molar-refractivity contribution in [2.45, 2.75) is 25.0 Å². The van der Waals surface area contributed by atoms with Crippen molar-refractivity contribution in [1.82, 2.24) is 0 Å². The van der Waals surface area contributed by atoms with Crippen molar-refractivity contribution in [2.24, 2.45) is 5.73 Å². The van der Waals surface area contributed by atoms with E-state index in [0.29, 0.717) is 6.61 Å². The molecule has 3 rings (SSSR count). The van der Waals surface area contributed by atoms with Crippen LogP contribution in [-0.4, -0.2) is 12.6 Å². The molecule has 1 aliphatic rings. The molecule has 110 valence electrons. The lowest BCUT2D eigenvalue weighted by atomic mass is 9.90. The second-order valence-corrected chi connectivity index (χ2v) is 5.34. The molecule has 2 nitrogen and oxygen atoms in total. The van der Waals surface area contributed by atoms with E-state index in [2.05, 4.69) is 6.07 Å². The second kappa shape index (κ2) is 5.92. The molecule has 0 fully saturated rings. The van der Waals surface area contributed by atoms with E-state index >= 15 is 0 Å². The SMILES string of the molecule is NC(Cc1cc(F)ccc1F)C1OCCc2ccccc21. The van der Waals surface area contributed by atoms with Gasteiger partial charge >= 0.3 is 0 Å². The molecule has 21 heavy (non-hydrogen) atoms. The maximum Gasteiger partial charge on any atom is 0.126 e. The monoisotopic (exact) mass is 289 g/mol. The van der Waals surface area contributed by atoms with Crippen LogP contribution in [0.25, 0.3) is 0 Å². The van der Waals surface area contributed by atoms with Crippen LogP contribution in [0.2, 0.25) is 0 Å². The van der Waals surface area contributed by atoms with E-state index in [0.717, 1.165) is 24.1 Å². The summed E-state index contributed by atoms with van der Waals surface area (Å²) >= 11 is 0. The van der Waals surface area contributed by atoms with Gasteiger partial charge in [0.2, 0.25) is 0 Å². The van der Waals surface area contributed by atoms with Crippen LogP contribution in [0.3, 0.4) is 0 Å². The van der Waals surface area contributed by atoms with Crippen molar-refractivity contribution in [3.05, 3.63) is 70.8 Å². The average molecular weight is 289 g/mol. The molecule has 0 aliphatic carbocycles. The fourth-order valence-electron chi connectivity index (χ4n) is 2.84. The zero-order valence-electron chi connectivity index (χ0n) is 11.6. The Balaban J connectivity index is 1.83. The minimum absolute atomic E-state index is 0.239. The number of halogens is 2. The van der Waals surface area contributed by atoms with Gasteiger partial charge in [-0.2, -0.15) is 0 Å². The summed E-state index contributed by atoms with van der Waals surface area (Å²) in [5, 5.41) is 0. The number of benzene rings is 2. The molecule has 0 amide bonds. The molecule has 0 radical (unpaired) electrons. The van der Waals surface area contributed by atoms with Gasteiger partial charge in [-0.1, -0.05) is 24.3 Å². The Bertz CT molecular complexity index is 644. The number of rotatable bonds is 3. The molecule has 0 aromatic heterocycles. The zero-order chi connectivity index (χ0) is 14.8. The molecule has 1 heterocycles. The van der Waals surface area contributed by atoms with Gasteiger partial charge in [-0.25, -0.2) is 8.78 Å². The van der Waals surface area contributed by atoms with Crippen molar-refractivity contribution >= 4 is 0 Å². The van der Waals surface area contributed by atoms with E-state index in [9.17, 15) is 8.78 Å². The lowest BCUT2D eigenvalue weighted by Gasteiger charge is -2.30. The summed E-state index contributed by atoms with van der Waals surface area (Å²) in [4.78, 5) is 0. The normalized spacial score (nSPS) is 19.1. The fourth-order valence-corrected chi connectivity index (χ4v) is 2.84. The highest BCUT2D eigenvalue weighted by Gasteiger charge is 2.27. The maximum atomic E-state index is 13.7. The van der Waals surface area contributed by atoms with E-state index in [-0.39, 0.29) is 18.1 Å². The van der Waals surface area contributed by atoms with Crippen molar-refractivity contribution in [3.8, 4) is 0 Å². The van der Waals surface area contributed by atoms with Crippen LogP contribution in [0.4, 0.5) is 8.78 Å². The third-order valence-electron chi connectivity index (χ3n) is 3.88. The van der Waals surface area contributed by atoms with E-state index in [4.69, 9.17) is 10.5 Å². The number of fused-ring (bicyclic) bond motifs is 1. The minimum Gasteiger partial charge on any atom is -0.372 e. The molecular formula is C17H17F2NO. The molecule has 2 N–H and O–H groups in total. The predicted molar refractivity (Wildman–Crippen MR) is 76.9 cm³/mol. The van der Waals surface area contributed by atoms with Gasteiger partial charge < -0.3 is 10.5 Å². The molecule has 2 aromatic rings. The third-order valence-corrected chi connectivity index (χ3v) is 3.88. The Morgan fingerprint density at radius 2 is 2.00 bits per heavy atom. The van der Waals surface area contributed by atoms with Gasteiger partial charge in [0.1, 0.15) is 11.6 Å². The molecule has 0 saturated carbocycles. The lowest BCUT2D eigenvalue weighted by molar-refractivity contribution is 0.0244. The first kappa shape index (κ1) is 14.2. The van der Waals surface area contributed by atoms with Crippen LogP contribution in [0, 0.1) is 11.6 Å². The van der Waals surface area contributed by atoms with E-state index in [1.54, 1.807) is 0 Å². The van der Waals surface area contributed by atoms with Crippen molar-refractivity contribution in [3.63, 3.8) is 0 Å². The van der Waals surface area contributed by atoms with Crippen LogP contribution >= 0.6 is 0 Å². The van der Waals surface area contributed by atoms with Crippen LogP contribution < -0.4 is 5.73 Å². The number of hydrogen-bond acceptors (Lipinski definition) is 2. The first-order chi connectivity index (χ1) is 10.1. The van der Waals surface area contributed by atoms with E-state index in [1.165, 1.54) is 11.6 Å². The molecule has 0 saturated heterocycles. The van der Waals surface area contributed by atoms with Gasteiger partial charge in [-0.15, -0.1) is 0 Å². The van der Waals surface area contributed by atoms with Crippen molar-refractivity contribution < 1.29 is 13.5 Å². The lowest BCUT2D eigenvalue weighted by Crippen LogP contribution is -2.35. The van der Waals surface area contributed by atoms with Crippen LogP contribution in [-0.2, 0) is 17.6 Å². The maximum absolute atomic E-state index is 13.7. The van der Waals surface area contributed by atoms with Gasteiger partial charge in [0.15, 0.2) is 0 Å². The smallest absolute Gasteiger partial charge is 0.126 e. The largest absolute Gasteiger partial charge is 0.372 e. The van der Waals surface area contributed by atoms with E-state index in [1.807, 2.05) is 18.2 Å². The van der Waals surface area contributed by atoms with Gasteiger partial charge in [-0.3, -0.25) is 0 Å². The Hall–Kier alpha value is -1.78. The molecule has 0 spiro atoms. The third kappa shape index (κ3) is 2.96. The van der Waals surface area contributed by atoms with Gasteiger partial charge in [0.05, 0.1) is 12.7 Å². The Morgan fingerprint density at radius 1 is 1.19 bits per heavy atom. The summed E-state index contributed by atoms with van der Waals surface area (Å²) < 4.78 is 32.7. The summed E-state index contributed by atoms with van der Waals surface area (Å²) in [5.74, 6) is -0.889. The van der Waals surface area contributed by atoms with Gasteiger partial charge in [-0.05, 0) is 47.7 Å². The Kier molecular flexibility index (Phi) is 3.99. The minimum atomic E-state index is -0.455. The van der Waals surface area contributed by atoms with Crippen molar-refractivity contribution in [2.75, 3.05) is 6.61 Å². The highest BCUT2D eigenvalue weighted by Crippen LogP contribution is 2.30. The predicted octanol–water partition coefficient (Wildman–Crippen LogP) is 3.15. The second-order valence-electron chi connectivity index (χ2n) is 5.34. The number of hydrogen-bond donors (Lipinski definition) is 1. The number of nitrogens with two attached hydrogens (primary N) is 1. The van der Waals surface area contributed by atoms with Gasteiger partial charge in [0, 0.05) is 6.04 Å². The first-order valence-corrected chi connectivity index (χ1v) is 7.04. The van der Waals surface area contributed by atoms with Gasteiger partial charge in [0.25, 0.3) is 0 Å². The Labute approximate surface area is 122 Å². The van der Waals surface area contributed by atoms with E-state index < -0.39 is 17.7 Å². The molecular weight excluding hydrogens is 272 g/mol. The van der Waals surface area contributed by atoms with Crippen molar-refractivity contribution in [1.29, 1.82) is 0 Å². The molecule has 2 atom stereocenters. The van der Waals surface area contributed by atoms with Crippen LogP contribution in [0.15, 0.2) is 42.5 Å². The summed E-state index contributed by atoms with van der Waals surface area (Å²) in [6.45, 7) is 0.598. The number of ether oxygens (including phenoxy) is 1. The fraction of sp³-hybridized carbons (Fsp3) is 0.294. The standard InChI is InChI=1S/C17H17F2NO/c18-13-5-6-15(19)12(9-13)10-16(20)17-14-4-2-1-3-11(14)7-8-21-17/h1-6,9,16-17H,7-8,10,20H2. The molecule has 0 bridgehead atoms. The Morgan fingerprint density at radius 3 is 2.86 bits per heavy atom. The average Bonchev–Trinajstić information content (AvgIpc) is 2.50. The summed E-state index contributed by atoms with van der Waals surface area (Å²) in [6, 6.07) is 11.0. The summed E-state index contributed by atoms with van der Waals surface area (Å²) in [7, 11) is 0. The highest BCUT2D eigenvalue weighted by atomic mass is 19.1. The highest BCUT2D eigenvalue weighted by molar-refractivity contribution is 5.32. The molecule has 1 aliphatic heterocycles. The summed E-state index contributed by atoms with van der Waals surface area (Å²) in [6.07, 6.45) is 0.814. The molecule has 2 aromatic carbocycles. The first-order valence-electron chi connectivity index (χ1n) is 7.04. The molecule has 2 unspecified atom stereocenters. The summed E-state index contributed by atoms with van der Waals surface area (Å²) in [5.41, 5.74) is 8.75. The van der Waals surface area contributed by atoms with Crippen LogP contribution in [0.1, 0.15) is 22.8 Å².